The molecule has 0 amide bonds. The number of ether oxygens (including phenoxy) is 1. The first-order valence-electron chi connectivity index (χ1n) is 8.73. The first-order chi connectivity index (χ1) is 11.7. The number of carbonyl (C=O) groups excluding carboxylic acids is 1. The summed E-state index contributed by atoms with van der Waals surface area (Å²) in [5, 5.41) is 0. The lowest BCUT2D eigenvalue weighted by Crippen LogP contribution is -2.47. The Morgan fingerprint density at radius 1 is 1.04 bits per heavy atom. The number of esters is 1. The third-order valence-corrected chi connectivity index (χ3v) is 11.7. The molecular weight excluding hydrogens is 368 g/mol. The Labute approximate surface area is 158 Å². The highest BCUT2D eigenvalue weighted by Crippen LogP contribution is 2.18. The van der Waals surface area contributed by atoms with Crippen molar-refractivity contribution in [3.8, 4) is 0 Å². The lowest BCUT2D eigenvalue weighted by Gasteiger charge is -2.29. The van der Waals surface area contributed by atoms with Crippen molar-refractivity contribution in [2.24, 2.45) is 0 Å². The first-order valence-corrected chi connectivity index (χ1v) is 13.5. The summed E-state index contributed by atoms with van der Waals surface area (Å²) in [4.78, 5) is 11.5. The highest BCUT2D eigenvalue weighted by molar-refractivity contribution is 6.71. The maximum absolute atomic E-state index is 11.5. The van der Waals surface area contributed by atoms with E-state index in [0.717, 1.165) is 0 Å². The molecule has 0 radical (unpaired) electrons. The van der Waals surface area contributed by atoms with Crippen LogP contribution in [0.25, 0.3) is 0 Å². The topological polar surface area (TPSA) is 54.0 Å². The summed E-state index contributed by atoms with van der Waals surface area (Å²) < 4.78 is 23.6. The number of allylic oxidation sites excluding steroid dienone is 2. The van der Waals surface area contributed by atoms with E-state index in [1.54, 1.807) is 6.92 Å². The van der Waals surface area contributed by atoms with E-state index in [2.05, 4.69) is 45.7 Å². The summed E-state index contributed by atoms with van der Waals surface area (Å²) in [5.41, 5.74) is 7.24. The zero-order chi connectivity index (χ0) is 19.3. The number of carbonyl (C=O) groups is 1. The van der Waals surface area contributed by atoms with Gasteiger partial charge in [-0.05, 0) is 48.0 Å². The minimum absolute atomic E-state index is 0.328. The smallest absolute Gasteiger partial charge is 0.462 e. The molecule has 0 aromatic carbocycles. The van der Waals surface area contributed by atoms with E-state index in [1.807, 2.05) is 6.92 Å². The summed E-state index contributed by atoms with van der Waals surface area (Å²) in [6.07, 6.45) is 0.664. The largest absolute Gasteiger partial charge is 0.479 e. The average Bonchev–Trinajstić information content (AvgIpc) is 2.50. The van der Waals surface area contributed by atoms with Crippen LogP contribution in [0.3, 0.4) is 0 Å². The van der Waals surface area contributed by atoms with Gasteiger partial charge in [0, 0.05) is 18.2 Å². The lowest BCUT2D eigenvalue weighted by atomic mass is 10.4. The Bertz CT molecular complexity index is 459. The summed E-state index contributed by atoms with van der Waals surface area (Å²) in [6, 6.07) is 0.664. The quantitative estimate of drug-likeness (QED) is 0.205. The van der Waals surface area contributed by atoms with Crippen LogP contribution >= 0.6 is 0 Å². The van der Waals surface area contributed by atoms with Crippen molar-refractivity contribution < 1.29 is 22.2 Å². The minimum atomic E-state index is -2.71. The molecule has 0 bridgehead atoms. The maximum atomic E-state index is 11.5. The van der Waals surface area contributed by atoms with Gasteiger partial charge in [0.15, 0.2) is 19.5 Å². The zero-order valence-electron chi connectivity index (χ0n) is 16.6. The summed E-state index contributed by atoms with van der Waals surface area (Å²) in [6.45, 7) is 16.3. The van der Waals surface area contributed by atoms with Crippen molar-refractivity contribution in [3.63, 3.8) is 0 Å². The SMILES string of the molecule is C=C(C)C(=O)OCCC[Si](OCC)(O[SiH2]C=C(C)C)O[SiH2]C=C(C)C. The van der Waals surface area contributed by atoms with Gasteiger partial charge in [-0.25, -0.2) is 4.79 Å². The van der Waals surface area contributed by atoms with E-state index in [0.29, 0.717) is 31.3 Å². The van der Waals surface area contributed by atoms with E-state index in [-0.39, 0.29) is 5.97 Å². The lowest BCUT2D eigenvalue weighted by molar-refractivity contribution is -0.139. The van der Waals surface area contributed by atoms with Gasteiger partial charge < -0.3 is 17.4 Å². The third kappa shape index (κ3) is 12.2. The van der Waals surface area contributed by atoms with Gasteiger partial charge in [0.1, 0.15) is 0 Å². The normalized spacial score (nSPS) is 13.8. The van der Waals surface area contributed by atoms with Gasteiger partial charge in [-0.3, -0.25) is 0 Å². The van der Waals surface area contributed by atoms with Crippen LogP contribution < -0.4 is 0 Å². The van der Waals surface area contributed by atoms with Crippen LogP contribution in [0.2, 0.25) is 6.04 Å². The first kappa shape index (κ1) is 24.2. The molecule has 5 nitrogen and oxygen atoms in total. The Kier molecular flexibility index (Phi) is 13.0. The fraction of sp³-hybridized carbons (Fsp3) is 0.588. The van der Waals surface area contributed by atoms with Crippen LogP contribution in [-0.2, 0) is 22.2 Å². The van der Waals surface area contributed by atoms with Crippen molar-refractivity contribution in [1.29, 1.82) is 0 Å². The molecule has 0 aliphatic rings. The Morgan fingerprint density at radius 2 is 1.56 bits per heavy atom. The van der Waals surface area contributed by atoms with Crippen molar-refractivity contribution in [2.75, 3.05) is 13.2 Å². The fourth-order valence-corrected chi connectivity index (χ4v) is 9.24. The molecule has 0 aliphatic carbocycles. The van der Waals surface area contributed by atoms with E-state index < -0.39 is 28.3 Å². The molecule has 0 spiro atoms. The molecule has 0 aromatic heterocycles. The van der Waals surface area contributed by atoms with Gasteiger partial charge in [0.25, 0.3) is 0 Å². The Balaban J connectivity index is 4.84. The predicted octanol–water partition coefficient (Wildman–Crippen LogP) is 2.52. The maximum Gasteiger partial charge on any atom is 0.479 e. The molecule has 0 unspecified atom stereocenters. The van der Waals surface area contributed by atoms with Crippen LogP contribution in [0.1, 0.15) is 48.0 Å². The van der Waals surface area contributed by atoms with Crippen molar-refractivity contribution >= 4 is 34.3 Å². The zero-order valence-corrected chi connectivity index (χ0v) is 20.5. The van der Waals surface area contributed by atoms with Crippen LogP contribution in [-0.4, -0.2) is 47.5 Å². The second-order valence-corrected chi connectivity index (χ2v) is 12.3. The van der Waals surface area contributed by atoms with Crippen LogP contribution in [0.5, 0.6) is 0 Å². The highest BCUT2D eigenvalue weighted by Gasteiger charge is 2.39. The van der Waals surface area contributed by atoms with Crippen LogP contribution in [0.15, 0.2) is 34.7 Å². The minimum Gasteiger partial charge on any atom is -0.462 e. The van der Waals surface area contributed by atoms with Crippen LogP contribution in [0.4, 0.5) is 0 Å². The molecule has 144 valence electrons. The summed E-state index contributed by atoms with van der Waals surface area (Å²) in [7, 11) is -4.39. The number of hydrogen-bond donors (Lipinski definition) is 0. The van der Waals surface area contributed by atoms with Gasteiger partial charge in [0.2, 0.25) is 0 Å². The monoisotopic (exact) mass is 402 g/mol. The molecule has 0 heterocycles. The van der Waals surface area contributed by atoms with E-state index in [9.17, 15) is 4.79 Å². The summed E-state index contributed by atoms with van der Waals surface area (Å²) in [5.74, 6) is -0.358. The average molecular weight is 403 g/mol. The Morgan fingerprint density at radius 3 is 1.96 bits per heavy atom. The molecule has 0 N–H and O–H groups in total. The molecule has 0 rings (SSSR count). The van der Waals surface area contributed by atoms with Crippen molar-refractivity contribution in [2.45, 2.75) is 54.0 Å². The molecule has 8 heteroatoms. The molecule has 0 aromatic rings. The van der Waals surface area contributed by atoms with E-state index in [4.69, 9.17) is 17.4 Å². The second-order valence-electron chi connectivity index (χ2n) is 6.32. The van der Waals surface area contributed by atoms with Gasteiger partial charge in [-0.1, -0.05) is 29.1 Å². The molecule has 0 aliphatic heterocycles. The van der Waals surface area contributed by atoms with Gasteiger partial charge in [0.05, 0.1) is 6.61 Å². The third-order valence-electron chi connectivity index (χ3n) is 3.16. The molecular formula is C17H34O5Si3. The number of hydrogen-bond acceptors (Lipinski definition) is 5. The fourth-order valence-electron chi connectivity index (χ4n) is 1.81. The molecule has 0 fully saturated rings. The van der Waals surface area contributed by atoms with Gasteiger partial charge in [-0.2, -0.15) is 0 Å². The second kappa shape index (κ2) is 13.4. The van der Waals surface area contributed by atoms with E-state index in [1.165, 1.54) is 11.1 Å². The molecule has 0 saturated carbocycles. The standard InChI is InChI=1S/C17H34O5Si3/c1-8-20-25(21-23-12-14(2)3,22-24-13-15(4)5)11-9-10-19-17(18)16(6)7/h12-13H,6,8-11,23-24H2,1-5,7H3. The molecule has 25 heavy (non-hydrogen) atoms. The Hall–Kier alpha value is -0.779. The number of rotatable bonds is 13. The highest BCUT2D eigenvalue weighted by atomic mass is 28.4. The van der Waals surface area contributed by atoms with Crippen molar-refractivity contribution in [1.82, 2.24) is 0 Å². The predicted molar refractivity (Wildman–Crippen MR) is 111 cm³/mol. The van der Waals surface area contributed by atoms with Gasteiger partial charge >= 0.3 is 14.8 Å². The van der Waals surface area contributed by atoms with Gasteiger partial charge in [-0.15, -0.1) is 0 Å². The molecule has 0 atom stereocenters. The summed E-state index contributed by atoms with van der Waals surface area (Å²) >= 11 is 0. The van der Waals surface area contributed by atoms with Crippen molar-refractivity contribution in [3.05, 3.63) is 34.7 Å². The molecule has 0 saturated heterocycles. The van der Waals surface area contributed by atoms with E-state index >= 15 is 0 Å². The van der Waals surface area contributed by atoms with Crippen LogP contribution in [0, 0.1) is 0 Å².